The molecule has 7 heteroatoms. The van der Waals surface area contributed by atoms with Gasteiger partial charge in [0.2, 0.25) is 0 Å². The van der Waals surface area contributed by atoms with Crippen molar-refractivity contribution >= 4 is 17.3 Å². The number of hydrogen-bond donors (Lipinski definition) is 1. The van der Waals surface area contributed by atoms with Crippen molar-refractivity contribution in [3.63, 3.8) is 0 Å². The van der Waals surface area contributed by atoms with E-state index in [1.54, 1.807) is 31.5 Å². The molecule has 1 aromatic heterocycles. The predicted octanol–water partition coefficient (Wildman–Crippen LogP) is 3.48. The van der Waals surface area contributed by atoms with E-state index in [0.29, 0.717) is 11.3 Å². The lowest BCUT2D eigenvalue weighted by Crippen LogP contribution is -2.21. The summed E-state index contributed by atoms with van der Waals surface area (Å²) in [6.07, 6.45) is 3.28. The monoisotopic (exact) mass is 360 g/mol. The molecule has 134 valence electrons. The van der Waals surface area contributed by atoms with E-state index in [9.17, 15) is 14.9 Å². The number of carbonyl (C=O) groups excluding carboxylic acids is 1. The highest BCUT2D eigenvalue weighted by Gasteiger charge is 2.15. The first-order valence-electron chi connectivity index (χ1n) is 8.15. The molecule has 0 radical (unpaired) electrons. The average Bonchev–Trinajstić information content (AvgIpc) is 2.70. The van der Waals surface area contributed by atoms with Crippen molar-refractivity contribution in [2.45, 2.75) is 6.92 Å². The van der Waals surface area contributed by atoms with Crippen molar-refractivity contribution in [1.29, 1.82) is 0 Å². The van der Waals surface area contributed by atoms with Crippen LogP contribution in [0.2, 0.25) is 0 Å². The Kier molecular flexibility index (Phi) is 5.32. The SMILES string of the molecule is Cc1ccc(C(=O)N/N=C(\c2ccccc2)c2ccncc2)cc1[N+](=O)[O-]. The highest BCUT2D eigenvalue weighted by Crippen LogP contribution is 2.19. The predicted molar refractivity (Wildman–Crippen MR) is 102 cm³/mol. The van der Waals surface area contributed by atoms with E-state index in [1.165, 1.54) is 18.2 Å². The Morgan fingerprint density at radius 3 is 2.33 bits per heavy atom. The van der Waals surface area contributed by atoms with E-state index in [2.05, 4.69) is 15.5 Å². The minimum atomic E-state index is -0.527. The van der Waals surface area contributed by atoms with E-state index in [4.69, 9.17) is 0 Å². The fourth-order valence-electron chi connectivity index (χ4n) is 2.52. The van der Waals surface area contributed by atoms with Crippen LogP contribution < -0.4 is 5.43 Å². The number of nitro benzene ring substituents is 1. The van der Waals surface area contributed by atoms with Gasteiger partial charge in [-0.15, -0.1) is 0 Å². The molecule has 0 saturated heterocycles. The molecule has 0 bridgehead atoms. The molecule has 27 heavy (non-hydrogen) atoms. The van der Waals surface area contributed by atoms with Crippen molar-refractivity contribution in [3.8, 4) is 0 Å². The number of benzene rings is 2. The standard InChI is InChI=1S/C20H16N4O3/c1-14-7-8-17(13-18(14)24(26)27)20(25)23-22-19(15-5-3-2-4-6-15)16-9-11-21-12-10-16/h2-13H,1H3,(H,23,25)/b22-19+. The van der Waals surface area contributed by atoms with Crippen LogP contribution in [0.25, 0.3) is 0 Å². The second kappa shape index (κ2) is 8.01. The molecule has 0 fully saturated rings. The van der Waals surface area contributed by atoms with Crippen LogP contribution in [-0.2, 0) is 0 Å². The summed E-state index contributed by atoms with van der Waals surface area (Å²) >= 11 is 0. The summed E-state index contributed by atoms with van der Waals surface area (Å²) < 4.78 is 0. The smallest absolute Gasteiger partial charge is 0.267 e. The molecule has 3 aromatic rings. The van der Waals surface area contributed by atoms with Gasteiger partial charge in [0.25, 0.3) is 11.6 Å². The van der Waals surface area contributed by atoms with Gasteiger partial charge in [-0.3, -0.25) is 19.9 Å². The number of nitrogens with zero attached hydrogens (tertiary/aromatic N) is 3. The molecule has 0 atom stereocenters. The van der Waals surface area contributed by atoms with Crippen LogP contribution in [0.4, 0.5) is 5.69 Å². The molecule has 0 aliphatic carbocycles. The van der Waals surface area contributed by atoms with Gasteiger partial charge in [0.15, 0.2) is 0 Å². The molecule has 0 saturated carbocycles. The second-order valence-electron chi connectivity index (χ2n) is 5.76. The van der Waals surface area contributed by atoms with E-state index in [1.807, 2.05) is 30.3 Å². The number of hydrazone groups is 1. The quantitative estimate of drug-likeness (QED) is 0.428. The molecule has 7 nitrogen and oxygen atoms in total. The fourth-order valence-corrected chi connectivity index (χ4v) is 2.52. The lowest BCUT2D eigenvalue weighted by atomic mass is 10.0. The van der Waals surface area contributed by atoms with Crippen molar-refractivity contribution in [2.75, 3.05) is 0 Å². The maximum Gasteiger partial charge on any atom is 0.273 e. The lowest BCUT2D eigenvalue weighted by Gasteiger charge is -2.08. The van der Waals surface area contributed by atoms with Gasteiger partial charge >= 0.3 is 0 Å². The molecule has 3 rings (SSSR count). The Hall–Kier alpha value is -3.87. The number of rotatable bonds is 5. The number of aromatic nitrogens is 1. The number of hydrogen-bond acceptors (Lipinski definition) is 5. The summed E-state index contributed by atoms with van der Waals surface area (Å²) in [4.78, 5) is 27.0. The summed E-state index contributed by atoms with van der Waals surface area (Å²) in [6.45, 7) is 1.62. The highest BCUT2D eigenvalue weighted by molar-refractivity contribution is 6.13. The van der Waals surface area contributed by atoms with Gasteiger partial charge < -0.3 is 0 Å². The highest BCUT2D eigenvalue weighted by atomic mass is 16.6. The molecule has 1 heterocycles. The van der Waals surface area contributed by atoms with Crippen LogP contribution in [0.15, 0.2) is 78.2 Å². The van der Waals surface area contributed by atoms with Crippen molar-refractivity contribution < 1.29 is 9.72 Å². The normalized spacial score (nSPS) is 11.1. The Bertz CT molecular complexity index is 961. The van der Waals surface area contributed by atoms with E-state index >= 15 is 0 Å². The zero-order valence-electron chi connectivity index (χ0n) is 14.5. The van der Waals surface area contributed by atoms with Crippen molar-refractivity contribution in [1.82, 2.24) is 10.4 Å². The number of aryl methyl sites for hydroxylation is 1. The summed E-state index contributed by atoms with van der Waals surface area (Å²) in [5, 5.41) is 15.3. The molecule has 0 spiro atoms. The first kappa shape index (κ1) is 17.9. The largest absolute Gasteiger partial charge is 0.273 e. The summed E-state index contributed by atoms with van der Waals surface area (Å²) in [5.41, 5.74) is 5.20. The van der Waals surface area contributed by atoms with Gasteiger partial charge in [-0.05, 0) is 25.1 Å². The molecular weight excluding hydrogens is 344 g/mol. The van der Waals surface area contributed by atoms with Crippen LogP contribution in [-0.4, -0.2) is 21.5 Å². The van der Waals surface area contributed by atoms with Crippen LogP contribution >= 0.6 is 0 Å². The lowest BCUT2D eigenvalue weighted by molar-refractivity contribution is -0.385. The minimum Gasteiger partial charge on any atom is -0.267 e. The molecule has 2 aromatic carbocycles. The van der Waals surface area contributed by atoms with Crippen molar-refractivity contribution in [3.05, 3.63) is 105 Å². The number of pyridine rings is 1. The van der Waals surface area contributed by atoms with Gasteiger partial charge in [0.1, 0.15) is 0 Å². The third-order valence-electron chi connectivity index (χ3n) is 3.94. The Balaban J connectivity index is 1.92. The molecule has 0 aliphatic heterocycles. The molecule has 1 amide bonds. The van der Waals surface area contributed by atoms with E-state index in [0.717, 1.165) is 11.1 Å². The molecular formula is C20H16N4O3. The first-order valence-corrected chi connectivity index (χ1v) is 8.15. The van der Waals surface area contributed by atoms with Gasteiger partial charge in [0, 0.05) is 40.7 Å². The summed E-state index contributed by atoms with van der Waals surface area (Å²) in [5.74, 6) is -0.527. The average molecular weight is 360 g/mol. The fraction of sp³-hybridized carbons (Fsp3) is 0.0500. The second-order valence-corrected chi connectivity index (χ2v) is 5.76. The maximum absolute atomic E-state index is 12.4. The van der Waals surface area contributed by atoms with Crippen LogP contribution in [0, 0.1) is 17.0 Å². The zero-order valence-corrected chi connectivity index (χ0v) is 14.5. The van der Waals surface area contributed by atoms with Crippen molar-refractivity contribution in [2.24, 2.45) is 5.10 Å². The maximum atomic E-state index is 12.4. The van der Waals surface area contributed by atoms with Gasteiger partial charge in [-0.25, -0.2) is 5.43 Å². The van der Waals surface area contributed by atoms with Crippen LogP contribution in [0.5, 0.6) is 0 Å². The Labute approximate surface area is 155 Å². The van der Waals surface area contributed by atoms with E-state index < -0.39 is 10.8 Å². The number of nitro groups is 1. The Morgan fingerprint density at radius 1 is 1.00 bits per heavy atom. The van der Waals surface area contributed by atoms with E-state index in [-0.39, 0.29) is 11.3 Å². The van der Waals surface area contributed by atoms with Gasteiger partial charge in [0.05, 0.1) is 10.6 Å². The topological polar surface area (TPSA) is 97.5 Å². The van der Waals surface area contributed by atoms with Gasteiger partial charge in [-0.1, -0.05) is 36.4 Å². The minimum absolute atomic E-state index is 0.107. The first-order chi connectivity index (χ1) is 13.1. The van der Waals surface area contributed by atoms with Crippen LogP contribution in [0.1, 0.15) is 27.0 Å². The Morgan fingerprint density at radius 2 is 1.67 bits per heavy atom. The van der Waals surface area contributed by atoms with Crippen LogP contribution in [0.3, 0.4) is 0 Å². The number of amides is 1. The summed E-state index contributed by atoms with van der Waals surface area (Å²) in [7, 11) is 0. The molecule has 0 aliphatic rings. The third-order valence-corrected chi connectivity index (χ3v) is 3.94. The molecule has 0 unspecified atom stereocenters. The summed E-state index contributed by atoms with van der Waals surface area (Å²) in [6, 6.07) is 17.3. The third kappa shape index (κ3) is 4.21. The number of carbonyl (C=O) groups is 1. The molecule has 1 N–H and O–H groups in total. The van der Waals surface area contributed by atoms with Gasteiger partial charge in [-0.2, -0.15) is 5.10 Å². The number of nitrogens with one attached hydrogen (secondary N) is 1. The zero-order chi connectivity index (χ0) is 19.2.